The van der Waals surface area contributed by atoms with Crippen molar-refractivity contribution in [1.29, 1.82) is 0 Å². The van der Waals surface area contributed by atoms with Gasteiger partial charge in [-0.05, 0) is 48.9 Å². The van der Waals surface area contributed by atoms with Crippen molar-refractivity contribution in [1.82, 2.24) is 15.2 Å². The van der Waals surface area contributed by atoms with E-state index in [1.165, 1.54) is 37.6 Å². The van der Waals surface area contributed by atoms with Gasteiger partial charge in [0.2, 0.25) is 0 Å². The van der Waals surface area contributed by atoms with Crippen molar-refractivity contribution in [3.63, 3.8) is 0 Å². The number of fused-ring (bicyclic) bond motifs is 1. The predicted octanol–water partition coefficient (Wildman–Crippen LogP) is 4.47. The molecule has 2 N–H and O–H groups in total. The molecule has 0 spiro atoms. The number of rotatable bonds is 4. The highest BCUT2D eigenvalue weighted by molar-refractivity contribution is 6.08. The molecule has 0 aliphatic heterocycles. The SMILES string of the molecule is COc1cccc(F)c1-c1cc2c(NC(=O)c3ccc(F)c(C)c3)n[nH]c2cn1. The van der Waals surface area contributed by atoms with Crippen LogP contribution in [0.4, 0.5) is 14.6 Å². The average Bonchev–Trinajstić information content (AvgIpc) is 3.11. The minimum absolute atomic E-state index is 0.213. The molecule has 0 atom stereocenters. The van der Waals surface area contributed by atoms with Gasteiger partial charge in [0, 0.05) is 10.9 Å². The van der Waals surface area contributed by atoms with E-state index in [0.29, 0.717) is 33.5 Å². The van der Waals surface area contributed by atoms with Gasteiger partial charge >= 0.3 is 0 Å². The van der Waals surface area contributed by atoms with Crippen molar-refractivity contribution >= 4 is 22.6 Å². The van der Waals surface area contributed by atoms with E-state index in [9.17, 15) is 13.6 Å². The van der Waals surface area contributed by atoms with Gasteiger partial charge in [-0.3, -0.25) is 14.9 Å². The lowest BCUT2D eigenvalue weighted by Crippen LogP contribution is -2.12. The standard InChI is InChI=1S/C21H16F2N4O2/c1-11-8-12(6-7-14(11)22)21(28)25-20-13-9-16(24-10-17(13)26-27-20)19-15(23)4-3-5-18(19)29-2/h3-10H,1-2H3,(H2,25,26,27,28). The predicted molar refractivity (Wildman–Crippen MR) is 105 cm³/mol. The average molecular weight is 394 g/mol. The van der Waals surface area contributed by atoms with E-state index < -0.39 is 11.7 Å². The molecule has 2 heterocycles. The molecule has 0 bridgehead atoms. The van der Waals surface area contributed by atoms with E-state index in [4.69, 9.17) is 4.74 Å². The Hall–Kier alpha value is -3.81. The maximum absolute atomic E-state index is 14.4. The van der Waals surface area contributed by atoms with Crippen molar-refractivity contribution < 1.29 is 18.3 Å². The molecule has 0 fully saturated rings. The van der Waals surface area contributed by atoms with Gasteiger partial charge in [-0.25, -0.2) is 8.78 Å². The lowest BCUT2D eigenvalue weighted by molar-refractivity contribution is 0.102. The number of aromatic amines is 1. The maximum Gasteiger partial charge on any atom is 0.256 e. The number of halogens is 2. The molecule has 4 aromatic rings. The number of hydrogen-bond donors (Lipinski definition) is 2. The van der Waals surface area contributed by atoms with Gasteiger partial charge in [-0.1, -0.05) is 6.07 Å². The number of nitrogens with one attached hydrogen (secondary N) is 2. The molecular formula is C21H16F2N4O2. The van der Waals surface area contributed by atoms with Crippen molar-refractivity contribution in [2.24, 2.45) is 0 Å². The highest BCUT2D eigenvalue weighted by Gasteiger charge is 2.17. The molecule has 2 aromatic heterocycles. The number of aromatic nitrogens is 3. The number of carbonyl (C=O) groups is 1. The summed E-state index contributed by atoms with van der Waals surface area (Å²) in [4.78, 5) is 16.8. The van der Waals surface area contributed by atoms with Crippen LogP contribution in [0.5, 0.6) is 5.75 Å². The lowest BCUT2D eigenvalue weighted by atomic mass is 10.1. The third-order valence-corrected chi connectivity index (χ3v) is 4.55. The summed E-state index contributed by atoms with van der Waals surface area (Å²) in [6, 6.07) is 10.2. The second-order valence-corrected chi connectivity index (χ2v) is 6.42. The van der Waals surface area contributed by atoms with Crippen LogP contribution in [0.1, 0.15) is 15.9 Å². The number of nitrogens with zero attached hydrogens (tertiary/aromatic N) is 2. The van der Waals surface area contributed by atoms with Crippen molar-refractivity contribution in [2.75, 3.05) is 12.4 Å². The zero-order chi connectivity index (χ0) is 20.5. The Morgan fingerprint density at radius 2 is 1.97 bits per heavy atom. The second-order valence-electron chi connectivity index (χ2n) is 6.42. The number of aryl methyl sites for hydroxylation is 1. The molecule has 0 saturated heterocycles. The fraction of sp³-hybridized carbons (Fsp3) is 0.0952. The Morgan fingerprint density at radius 3 is 2.72 bits per heavy atom. The summed E-state index contributed by atoms with van der Waals surface area (Å²) in [7, 11) is 1.45. The first-order valence-corrected chi connectivity index (χ1v) is 8.72. The van der Waals surface area contributed by atoms with E-state index in [1.54, 1.807) is 25.1 Å². The van der Waals surface area contributed by atoms with E-state index in [1.807, 2.05) is 0 Å². The van der Waals surface area contributed by atoms with Crippen molar-refractivity contribution in [2.45, 2.75) is 6.92 Å². The van der Waals surface area contributed by atoms with Crippen molar-refractivity contribution in [3.8, 4) is 17.0 Å². The van der Waals surface area contributed by atoms with E-state index >= 15 is 0 Å². The van der Waals surface area contributed by atoms with Gasteiger partial charge in [-0.2, -0.15) is 5.10 Å². The zero-order valence-corrected chi connectivity index (χ0v) is 15.6. The fourth-order valence-electron chi connectivity index (χ4n) is 3.04. The van der Waals surface area contributed by atoms with Crippen LogP contribution in [-0.2, 0) is 0 Å². The Morgan fingerprint density at radius 1 is 1.14 bits per heavy atom. The first-order chi connectivity index (χ1) is 14.0. The molecule has 1 amide bonds. The van der Waals surface area contributed by atoms with Crippen LogP contribution in [0.2, 0.25) is 0 Å². The molecule has 0 saturated carbocycles. The Bertz CT molecular complexity index is 1240. The lowest BCUT2D eigenvalue weighted by Gasteiger charge is -2.09. The summed E-state index contributed by atoms with van der Waals surface area (Å²) < 4.78 is 33.1. The first-order valence-electron chi connectivity index (χ1n) is 8.72. The van der Waals surface area contributed by atoms with Crippen LogP contribution >= 0.6 is 0 Å². The number of H-pyrrole nitrogens is 1. The molecule has 146 valence electrons. The minimum Gasteiger partial charge on any atom is -0.496 e. The van der Waals surface area contributed by atoms with Crippen LogP contribution in [-0.4, -0.2) is 28.2 Å². The third-order valence-electron chi connectivity index (χ3n) is 4.55. The molecule has 4 rings (SSSR count). The molecule has 29 heavy (non-hydrogen) atoms. The number of pyridine rings is 1. The van der Waals surface area contributed by atoms with Crippen molar-refractivity contribution in [3.05, 3.63) is 71.4 Å². The van der Waals surface area contributed by atoms with Gasteiger partial charge in [0.05, 0.1) is 30.1 Å². The third kappa shape index (κ3) is 3.40. The van der Waals surface area contributed by atoms with Crippen LogP contribution in [0.15, 0.2) is 48.7 Å². The summed E-state index contributed by atoms with van der Waals surface area (Å²) >= 11 is 0. The summed E-state index contributed by atoms with van der Waals surface area (Å²) in [5.74, 6) is -0.713. The smallest absolute Gasteiger partial charge is 0.256 e. The highest BCUT2D eigenvalue weighted by Crippen LogP contribution is 2.33. The molecular weight excluding hydrogens is 378 g/mol. The van der Waals surface area contributed by atoms with Gasteiger partial charge in [0.25, 0.3) is 5.91 Å². The molecule has 6 nitrogen and oxygen atoms in total. The largest absolute Gasteiger partial charge is 0.496 e. The highest BCUT2D eigenvalue weighted by atomic mass is 19.1. The molecule has 8 heteroatoms. The number of hydrogen-bond acceptors (Lipinski definition) is 4. The second kappa shape index (κ2) is 7.31. The minimum atomic E-state index is -0.480. The maximum atomic E-state index is 14.4. The molecule has 0 unspecified atom stereocenters. The topological polar surface area (TPSA) is 79.9 Å². The monoisotopic (exact) mass is 394 g/mol. The number of anilines is 1. The van der Waals surface area contributed by atoms with Crippen LogP contribution in [0.25, 0.3) is 22.2 Å². The summed E-state index contributed by atoms with van der Waals surface area (Å²) in [5.41, 5.74) is 1.77. The Balaban J connectivity index is 1.73. The number of benzene rings is 2. The quantitative estimate of drug-likeness (QED) is 0.535. The number of ether oxygens (including phenoxy) is 1. The Labute approximate surface area is 164 Å². The van der Waals surface area contributed by atoms with E-state index in [0.717, 1.165) is 0 Å². The zero-order valence-electron chi connectivity index (χ0n) is 15.6. The molecule has 0 aliphatic carbocycles. The van der Waals surface area contributed by atoms with Gasteiger partial charge in [0.15, 0.2) is 5.82 Å². The molecule has 0 radical (unpaired) electrons. The number of methoxy groups -OCH3 is 1. The first kappa shape index (κ1) is 18.5. The van der Waals surface area contributed by atoms with Gasteiger partial charge in [-0.15, -0.1) is 0 Å². The van der Waals surface area contributed by atoms with Crippen LogP contribution in [0, 0.1) is 18.6 Å². The summed E-state index contributed by atoms with van der Waals surface area (Å²) in [6.07, 6.45) is 1.50. The number of carbonyl (C=O) groups excluding carboxylic acids is 1. The van der Waals surface area contributed by atoms with Gasteiger partial charge in [0.1, 0.15) is 17.4 Å². The Kier molecular flexibility index (Phi) is 4.67. The fourth-order valence-corrected chi connectivity index (χ4v) is 3.04. The normalized spacial score (nSPS) is 10.9. The number of amides is 1. The molecule has 2 aromatic carbocycles. The summed E-state index contributed by atoms with van der Waals surface area (Å²) in [5, 5.41) is 10.1. The van der Waals surface area contributed by atoms with E-state index in [2.05, 4.69) is 20.5 Å². The van der Waals surface area contributed by atoms with E-state index in [-0.39, 0.29) is 17.2 Å². The summed E-state index contributed by atoms with van der Waals surface area (Å²) in [6.45, 7) is 1.58. The van der Waals surface area contributed by atoms with Crippen LogP contribution < -0.4 is 10.1 Å². The van der Waals surface area contributed by atoms with Crippen LogP contribution in [0.3, 0.4) is 0 Å². The van der Waals surface area contributed by atoms with Gasteiger partial charge < -0.3 is 10.1 Å². The molecule has 0 aliphatic rings.